The van der Waals surface area contributed by atoms with Crippen LogP contribution in [0.5, 0.6) is 0 Å². The number of rotatable bonds is 1. The fourth-order valence-electron chi connectivity index (χ4n) is 0.887. The standard InChI is InChI=1S/C8H14O2.C7H6O2.CH2O2/c1-7(2,9)5-6-8(3,4)10;8-7(9)6-4-2-1-3-5-6;2-1-3/h9-10H,1-4H3;1-5H,(H,8,9);1H,(H,2,3). The zero-order valence-electron chi connectivity index (χ0n) is 13.1. The van der Waals surface area contributed by atoms with E-state index in [-0.39, 0.29) is 6.47 Å². The number of hydrogen-bond acceptors (Lipinski definition) is 4. The van der Waals surface area contributed by atoms with Gasteiger partial charge in [0, 0.05) is 0 Å². The summed E-state index contributed by atoms with van der Waals surface area (Å²) < 4.78 is 0. The Kier molecular flexibility index (Phi) is 10.3. The van der Waals surface area contributed by atoms with E-state index in [2.05, 4.69) is 11.8 Å². The third-order valence-corrected chi connectivity index (χ3v) is 1.70. The summed E-state index contributed by atoms with van der Waals surface area (Å²) in [6.45, 7) is 6.05. The largest absolute Gasteiger partial charge is 0.483 e. The van der Waals surface area contributed by atoms with E-state index in [0.717, 1.165) is 0 Å². The summed E-state index contributed by atoms with van der Waals surface area (Å²) in [5.41, 5.74) is -1.70. The Morgan fingerprint density at radius 3 is 1.50 bits per heavy atom. The average molecular weight is 310 g/mol. The molecule has 0 amide bonds. The molecule has 0 saturated heterocycles. The Bertz CT molecular complexity index is 479. The highest BCUT2D eigenvalue weighted by Crippen LogP contribution is 2.01. The molecule has 1 rings (SSSR count). The van der Waals surface area contributed by atoms with Crippen molar-refractivity contribution in [1.29, 1.82) is 0 Å². The smallest absolute Gasteiger partial charge is 0.335 e. The molecule has 4 N–H and O–H groups in total. The Hall–Kier alpha value is -2.36. The van der Waals surface area contributed by atoms with Crippen LogP contribution < -0.4 is 0 Å². The normalized spacial score (nSPS) is 9.73. The molecule has 0 spiro atoms. The molecular formula is C16H22O6. The molecule has 1 aromatic carbocycles. The maximum Gasteiger partial charge on any atom is 0.335 e. The molecule has 0 aromatic heterocycles. The SMILES string of the molecule is CC(C)(O)C#CC(C)(C)O.O=C(O)c1ccccc1.O=CO. The van der Waals surface area contributed by atoms with Crippen molar-refractivity contribution in [1.82, 2.24) is 0 Å². The van der Waals surface area contributed by atoms with Gasteiger partial charge in [0.05, 0.1) is 5.56 Å². The first kappa shape index (κ1) is 21.9. The lowest BCUT2D eigenvalue weighted by molar-refractivity contribution is -0.122. The van der Waals surface area contributed by atoms with Crippen molar-refractivity contribution in [2.45, 2.75) is 38.9 Å². The third-order valence-electron chi connectivity index (χ3n) is 1.70. The average Bonchev–Trinajstić information content (AvgIpc) is 2.38. The van der Waals surface area contributed by atoms with Gasteiger partial charge in [0.25, 0.3) is 6.47 Å². The van der Waals surface area contributed by atoms with Crippen molar-refractivity contribution in [3.05, 3.63) is 35.9 Å². The van der Waals surface area contributed by atoms with Crippen molar-refractivity contribution in [2.24, 2.45) is 0 Å². The van der Waals surface area contributed by atoms with Crippen molar-refractivity contribution in [3.8, 4) is 11.8 Å². The monoisotopic (exact) mass is 310 g/mol. The van der Waals surface area contributed by atoms with Gasteiger partial charge in [-0.1, -0.05) is 30.0 Å². The number of aromatic carboxylic acids is 1. The Balaban J connectivity index is 0. The molecule has 0 aliphatic heterocycles. The minimum Gasteiger partial charge on any atom is -0.483 e. The second kappa shape index (κ2) is 10.4. The number of carboxylic acids is 1. The lowest BCUT2D eigenvalue weighted by Gasteiger charge is -2.10. The first-order valence-corrected chi connectivity index (χ1v) is 6.28. The molecule has 6 heteroatoms. The molecule has 0 unspecified atom stereocenters. The van der Waals surface area contributed by atoms with Crippen LogP contribution in [-0.4, -0.2) is 44.1 Å². The van der Waals surface area contributed by atoms with Crippen LogP contribution >= 0.6 is 0 Å². The van der Waals surface area contributed by atoms with Crippen molar-refractivity contribution in [3.63, 3.8) is 0 Å². The topological polar surface area (TPSA) is 115 Å². The van der Waals surface area contributed by atoms with Crippen molar-refractivity contribution < 1.29 is 30.0 Å². The molecule has 0 bridgehead atoms. The van der Waals surface area contributed by atoms with Gasteiger partial charge in [0.2, 0.25) is 0 Å². The van der Waals surface area contributed by atoms with Gasteiger partial charge in [-0.05, 0) is 39.8 Å². The first-order chi connectivity index (χ1) is 9.93. The number of carbonyl (C=O) groups is 2. The zero-order chi connectivity index (χ0) is 17.8. The molecule has 0 radical (unpaired) electrons. The molecule has 1 aromatic rings. The van der Waals surface area contributed by atoms with E-state index >= 15 is 0 Å². The molecule has 0 saturated carbocycles. The van der Waals surface area contributed by atoms with E-state index in [4.69, 9.17) is 25.2 Å². The molecule has 0 fully saturated rings. The van der Waals surface area contributed by atoms with Gasteiger partial charge < -0.3 is 20.4 Å². The molecule has 6 nitrogen and oxygen atoms in total. The molecule has 122 valence electrons. The number of aliphatic hydroxyl groups is 2. The summed E-state index contributed by atoms with van der Waals surface area (Å²) >= 11 is 0. The van der Waals surface area contributed by atoms with Crippen molar-refractivity contribution in [2.75, 3.05) is 0 Å². The molecule has 0 aliphatic rings. The highest BCUT2D eigenvalue weighted by molar-refractivity contribution is 5.87. The van der Waals surface area contributed by atoms with E-state index in [1.165, 1.54) is 0 Å². The summed E-state index contributed by atoms with van der Waals surface area (Å²) in [4.78, 5) is 18.6. The van der Waals surface area contributed by atoms with E-state index in [9.17, 15) is 4.79 Å². The van der Waals surface area contributed by atoms with Crippen LogP contribution in [0.1, 0.15) is 38.1 Å². The van der Waals surface area contributed by atoms with E-state index in [0.29, 0.717) is 5.56 Å². The lowest BCUT2D eigenvalue weighted by Crippen LogP contribution is -2.20. The zero-order valence-corrected chi connectivity index (χ0v) is 13.1. The summed E-state index contributed by atoms with van der Waals surface area (Å²) in [5.74, 6) is 4.16. The minimum absolute atomic E-state index is 0.250. The van der Waals surface area contributed by atoms with Gasteiger partial charge in [-0.15, -0.1) is 0 Å². The van der Waals surface area contributed by atoms with Crippen LogP contribution in [0.3, 0.4) is 0 Å². The predicted octanol–water partition coefficient (Wildman–Crippen LogP) is 1.62. The van der Waals surface area contributed by atoms with Crippen LogP contribution in [0.2, 0.25) is 0 Å². The maximum atomic E-state index is 10.2. The van der Waals surface area contributed by atoms with Crippen LogP contribution in [0.4, 0.5) is 0 Å². The van der Waals surface area contributed by atoms with Gasteiger partial charge in [0.15, 0.2) is 0 Å². The third kappa shape index (κ3) is 17.6. The molecule has 0 atom stereocenters. The highest BCUT2D eigenvalue weighted by atomic mass is 16.4. The van der Waals surface area contributed by atoms with E-state index in [1.807, 2.05) is 0 Å². The fourth-order valence-corrected chi connectivity index (χ4v) is 0.887. The Morgan fingerprint density at radius 2 is 1.32 bits per heavy atom. The van der Waals surface area contributed by atoms with Gasteiger partial charge in [0.1, 0.15) is 11.2 Å². The lowest BCUT2D eigenvalue weighted by atomic mass is 10.1. The first-order valence-electron chi connectivity index (χ1n) is 6.28. The number of hydrogen-bond donors (Lipinski definition) is 4. The maximum absolute atomic E-state index is 10.2. The Morgan fingerprint density at radius 1 is 1.00 bits per heavy atom. The summed E-state index contributed by atoms with van der Waals surface area (Å²) in [6.07, 6.45) is 0. The molecule has 0 aliphatic carbocycles. The number of benzene rings is 1. The van der Waals surface area contributed by atoms with E-state index in [1.54, 1.807) is 58.0 Å². The van der Waals surface area contributed by atoms with Gasteiger partial charge in [-0.25, -0.2) is 4.79 Å². The van der Waals surface area contributed by atoms with Gasteiger partial charge in [-0.3, -0.25) is 4.79 Å². The molecule has 0 heterocycles. The summed E-state index contributed by atoms with van der Waals surface area (Å²) in [7, 11) is 0. The molecular weight excluding hydrogens is 288 g/mol. The fraction of sp³-hybridized carbons (Fsp3) is 0.375. The second-order valence-corrected chi connectivity index (χ2v) is 5.14. The van der Waals surface area contributed by atoms with Crippen LogP contribution in [0.15, 0.2) is 30.3 Å². The highest BCUT2D eigenvalue weighted by Gasteiger charge is 2.10. The van der Waals surface area contributed by atoms with E-state index < -0.39 is 17.2 Å². The quantitative estimate of drug-likeness (QED) is 0.463. The van der Waals surface area contributed by atoms with Gasteiger partial charge in [-0.2, -0.15) is 0 Å². The second-order valence-electron chi connectivity index (χ2n) is 5.14. The predicted molar refractivity (Wildman–Crippen MR) is 82.5 cm³/mol. The summed E-state index contributed by atoms with van der Waals surface area (Å²) in [5, 5.41) is 33.5. The van der Waals surface area contributed by atoms with Crippen LogP contribution in [-0.2, 0) is 4.79 Å². The van der Waals surface area contributed by atoms with Gasteiger partial charge >= 0.3 is 5.97 Å². The minimum atomic E-state index is -1.01. The van der Waals surface area contributed by atoms with Crippen molar-refractivity contribution >= 4 is 12.4 Å². The Labute approximate surface area is 130 Å². The number of carboxylic acid groups (broad SMARTS) is 2. The van der Waals surface area contributed by atoms with Crippen LogP contribution in [0.25, 0.3) is 0 Å². The van der Waals surface area contributed by atoms with Crippen LogP contribution in [0, 0.1) is 11.8 Å². The molecule has 22 heavy (non-hydrogen) atoms. The summed E-state index contributed by atoms with van der Waals surface area (Å²) in [6, 6.07) is 8.30.